The van der Waals surface area contributed by atoms with Gasteiger partial charge >= 0.3 is 0 Å². The van der Waals surface area contributed by atoms with Gasteiger partial charge in [-0.25, -0.2) is 13.1 Å². The Hall–Kier alpha value is -2.15. The lowest BCUT2D eigenvalue weighted by atomic mass is 10.2. The molecule has 7 heteroatoms. The zero-order valence-electron chi connectivity index (χ0n) is 11.9. The molecule has 1 aromatic carbocycles. The van der Waals surface area contributed by atoms with Crippen LogP contribution in [0.5, 0.6) is 0 Å². The van der Waals surface area contributed by atoms with Gasteiger partial charge in [0.1, 0.15) is 0 Å². The Bertz CT molecular complexity index is 750. The van der Waals surface area contributed by atoms with E-state index in [2.05, 4.69) is 9.82 Å². The number of nitrogens with zero attached hydrogens (tertiary/aromatic N) is 2. The van der Waals surface area contributed by atoms with Crippen LogP contribution in [-0.4, -0.2) is 24.1 Å². The molecule has 1 heterocycles. The van der Waals surface area contributed by atoms with Crippen molar-refractivity contribution in [2.45, 2.75) is 24.7 Å². The SMILES string of the molecule is Cc1ccccc1S(=O)(=O)NC(=O)CCc1cnn(C)c1. The number of aromatic nitrogens is 2. The van der Waals surface area contributed by atoms with Crippen LogP contribution >= 0.6 is 0 Å². The van der Waals surface area contributed by atoms with Gasteiger partial charge in [0.15, 0.2) is 0 Å². The first-order valence-corrected chi connectivity index (χ1v) is 7.95. The maximum atomic E-state index is 12.1. The summed E-state index contributed by atoms with van der Waals surface area (Å²) in [4.78, 5) is 11.9. The van der Waals surface area contributed by atoms with Crippen molar-refractivity contribution in [2.24, 2.45) is 7.05 Å². The van der Waals surface area contributed by atoms with Crippen LogP contribution in [0.4, 0.5) is 0 Å². The van der Waals surface area contributed by atoms with E-state index in [1.807, 2.05) is 0 Å². The summed E-state index contributed by atoms with van der Waals surface area (Å²) >= 11 is 0. The van der Waals surface area contributed by atoms with Crippen molar-refractivity contribution in [1.82, 2.24) is 14.5 Å². The number of aryl methyl sites for hydroxylation is 3. The molecule has 0 aliphatic rings. The molecule has 1 amide bonds. The number of nitrogens with one attached hydrogen (secondary N) is 1. The Morgan fingerprint density at radius 1 is 1.33 bits per heavy atom. The highest BCUT2D eigenvalue weighted by atomic mass is 32.2. The zero-order chi connectivity index (χ0) is 15.5. The maximum Gasteiger partial charge on any atom is 0.264 e. The summed E-state index contributed by atoms with van der Waals surface area (Å²) in [5, 5.41) is 4.00. The van der Waals surface area contributed by atoms with Crippen LogP contribution in [0.15, 0.2) is 41.6 Å². The summed E-state index contributed by atoms with van der Waals surface area (Å²) in [6, 6.07) is 6.54. The second kappa shape index (κ2) is 6.09. The van der Waals surface area contributed by atoms with Crippen LogP contribution in [0.25, 0.3) is 0 Å². The topological polar surface area (TPSA) is 81.1 Å². The average Bonchev–Trinajstić information content (AvgIpc) is 2.82. The molecule has 0 bridgehead atoms. The predicted octanol–water partition coefficient (Wildman–Crippen LogP) is 1.17. The van der Waals surface area contributed by atoms with Crippen LogP contribution in [-0.2, 0) is 28.3 Å². The molecule has 112 valence electrons. The fourth-order valence-electron chi connectivity index (χ4n) is 1.97. The molecule has 2 rings (SSSR count). The number of hydrogen-bond acceptors (Lipinski definition) is 4. The van der Waals surface area contributed by atoms with Crippen LogP contribution in [0, 0.1) is 6.92 Å². The third-order valence-electron chi connectivity index (χ3n) is 3.03. The summed E-state index contributed by atoms with van der Waals surface area (Å²) in [5.74, 6) is -0.526. The van der Waals surface area contributed by atoms with E-state index in [1.165, 1.54) is 6.07 Å². The number of hydrogen-bond donors (Lipinski definition) is 1. The smallest absolute Gasteiger partial charge is 0.264 e. The molecule has 2 aromatic rings. The van der Waals surface area contributed by atoms with Crippen molar-refractivity contribution in [3.63, 3.8) is 0 Å². The predicted molar refractivity (Wildman–Crippen MR) is 78.0 cm³/mol. The third-order valence-corrected chi connectivity index (χ3v) is 4.56. The molecule has 0 atom stereocenters. The first-order valence-electron chi connectivity index (χ1n) is 6.47. The lowest BCUT2D eigenvalue weighted by Gasteiger charge is -2.08. The Balaban J connectivity index is 2.00. The summed E-state index contributed by atoms with van der Waals surface area (Å²) in [6.45, 7) is 1.69. The molecule has 0 saturated carbocycles. The Morgan fingerprint density at radius 2 is 2.05 bits per heavy atom. The largest absolute Gasteiger partial charge is 0.276 e. The van der Waals surface area contributed by atoms with Gasteiger partial charge < -0.3 is 0 Å². The van der Waals surface area contributed by atoms with Crippen LogP contribution in [0.3, 0.4) is 0 Å². The molecule has 0 radical (unpaired) electrons. The van der Waals surface area contributed by atoms with Crippen molar-refractivity contribution in [1.29, 1.82) is 0 Å². The van der Waals surface area contributed by atoms with Crippen LogP contribution in [0.2, 0.25) is 0 Å². The number of amides is 1. The number of rotatable bonds is 5. The first-order chi connectivity index (χ1) is 9.88. The molecule has 0 unspecified atom stereocenters. The molecule has 1 N–H and O–H groups in total. The summed E-state index contributed by atoms with van der Waals surface area (Å²) < 4.78 is 28.0. The van der Waals surface area contributed by atoms with Gasteiger partial charge in [0, 0.05) is 19.7 Å². The fourth-order valence-corrected chi connectivity index (χ4v) is 3.23. The molecule has 21 heavy (non-hydrogen) atoms. The van der Waals surface area contributed by atoms with Gasteiger partial charge in [0.2, 0.25) is 5.91 Å². The van der Waals surface area contributed by atoms with Crippen molar-refractivity contribution in [3.05, 3.63) is 47.8 Å². The van der Waals surface area contributed by atoms with Gasteiger partial charge in [-0.2, -0.15) is 5.10 Å². The van der Waals surface area contributed by atoms with Gasteiger partial charge in [0.05, 0.1) is 11.1 Å². The minimum absolute atomic E-state index is 0.0941. The fraction of sp³-hybridized carbons (Fsp3) is 0.286. The summed E-state index contributed by atoms with van der Waals surface area (Å²) in [7, 11) is -2.03. The van der Waals surface area contributed by atoms with Gasteiger partial charge in [-0.3, -0.25) is 9.48 Å². The van der Waals surface area contributed by atoms with Crippen LogP contribution < -0.4 is 4.72 Å². The highest BCUT2D eigenvalue weighted by Gasteiger charge is 2.19. The molecule has 0 aliphatic heterocycles. The normalized spacial score (nSPS) is 11.3. The van der Waals surface area contributed by atoms with E-state index in [9.17, 15) is 13.2 Å². The van der Waals surface area contributed by atoms with E-state index in [0.717, 1.165) is 5.56 Å². The van der Waals surface area contributed by atoms with E-state index < -0.39 is 15.9 Å². The quantitative estimate of drug-likeness (QED) is 0.899. The Morgan fingerprint density at radius 3 is 2.67 bits per heavy atom. The second-order valence-electron chi connectivity index (χ2n) is 4.82. The minimum Gasteiger partial charge on any atom is -0.276 e. The molecule has 0 fully saturated rings. The maximum absolute atomic E-state index is 12.1. The number of carbonyl (C=O) groups is 1. The van der Waals surface area contributed by atoms with Gasteiger partial charge in [-0.15, -0.1) is 0 Å². The van der Waals surface area contributed by atoms with Gasteiger partial charge in [-0.1, -0.05) is 18.2 Å². The van der Waals surface area contributed by atoms with Crippen LogP contribution in [0.1, 0.15) is 17.5 Å². The summed E-state index contributed by atoms with van der Waals surface area (Å²) in [5.41, 5.74) is 1.49. The molecular formula is C14H17N3O3S. The van der Waals surface area contributed by atoms with Crippen molar-refractivity contribution < 1.29 is 13.2 Å². The van der Waals surface area contributed by atoms with E-state index in [4.69, 9.17) is 0 Å². The summed E-state index contributed by atoms with van der Waals surface area (Å²) in [6.07, 6.45) is 3.99. The van der Waals surface area contributed by atoms with Crippen molar-refractivity contribution in [2.75, 3.05) is 0 Å². The standard InChI is InChI=1S/C14H17N3O3S/c1-11-5-3-4-6-13(11)21(19,20)16-14(18)8-7-12-9-15-17(2)10-12/h3-6,9-10H,7-8H2,1-2H3,(H,16,18). The molecule has 0 saturated heterocycles. The minimum atomic E-state index is -3.81. The molecule has 6 nitrogen and oxygen atoms in total. The third kappa shape index (κ3) is 3.91. The van der Waals surface area contributed by atoms with E-state index in [1.54, 1.807) is 49.2 Å². The van der Waals surface area contributed by atoms with E-state index >= 15 is 0 Å². The Kier molecular flexibility index (Phi) is 4.42. The molecular weight excluding hydrogens is 290 g/mol. The number of benzene rings is 1. The van der Waals surface area contributed by atoms with Gasteiger partial charge in [-0.05, 0) is 30.5 Å². The lowest BCUT2D eigenvalue weighted by molar-refractivity contribution is -0.119. The molecule has 0 aliphatic carbocycles. The van der Waals surface area contributed by atoms with Crippen molar-refractivity contribution in [3.8, 4) is 0 Å². The highest BCUT2D eigenvalue weighted by Crippen LogP contribution is 2.14. The first kappa shape index (κ1) is 15.2. The average molecular weight is 307 g/mol. The van der Waals surface area contributed by atoms with E-state index in [0.29, 0.717) is 12.0 Å². The monoisotopic (exact) mass is 307 g/mol. The Labute approximate surface area is 123 Å². The molecule has 1 aromatic heterocycles. The lowest BCUT2D eigenvalue weighted by Crippen LogP contribution is -2.31. The molecule has 0 spiro atoms. The van der Waals surface area contributed by atoms with Crippen molar-refractivity contribution >= 4 is 15.9 Å². The highest BCUT2D eigenvalue weighted by molar-refractivity contribution is 7.90. The number of sulfonamides is 1. The van der Waals surface area contributed by atoms with Gasteiger partial charge in [0.25, 0.3) is 10.0 Å². The zero-order valence-corrected chi connectivity index (χ0v) is 12.7. The second-order valence-corrected chi connectivity index (χ2v) is 6.47. The number of carbonyl (C=O) groups excluding carboxylic acids is 1. The van der Waals surface area contributed by atoms with E-state index in [-0.39, 0.29) is 11.3 Å².